The molecular formula is C14H21ClN2O3. The van der Waals surface area contributed by atoms with Gasteiger partial charge in [-0.2, -0.15) is 0 Å². The van der Waals surface area contributed by atoms with E-state index in [-0.39, 0.29) is 24.2 Å². The number of nitrogens with one attached hydrogen (secondary N) is 2. The van der Waals surface area contributed by atoms with Crippen molar-refractivity contribution in [2.24, 2.45) is 5.92 Å². The number of rotatable bonds is 4. The Morgan fingerprint density at radius 1 is 1.25 bits per heavy atom. The first-order valence-corrected chi connectivity index (χ1v) is 6.47. The maximum atomic E-state index is 12.1. The summed E-state index contributed by atoms with van der Waals surface area (Å²) in [5.41, 5.74) is 0.701. The Balaban J connectivity index is 0.00000200. The van der Waals surface area contributed by atoms with Crippen molar-refractivity contribution in [2.45, 2.75) is 12.8 Å². The number of amides is 1. The Hall–Kier alpha value is -1.46. The first-order chi connectivity index (χ1) is 9.22. The van der Waals surface area contributed by atoms with E-state index in [0.29, 0.717) is 17.2 Å². The van der Waals surface area contributed by atoms with Crippen molar-refractivity contribution in [3.63, 3.8) is 0 Å². The molecule has 0 aliphatic carbocycles. The zero-order valence-electron chi connectivity index (χ0n) is 11.8. The highest BCUT2D eigenvalue weighted by atomic mass is 35.5. The average molecular weight is 301 g/mol. The summed E-state index contributed by atoms with van der Waals surface area (Å²) in [7, 11) is 3.18. The van der Waals surface area contributed by atoms with Crippen molar-refractivity contribution in [3.8, 4) is 11.5 Å². The summed E-state index contributed by atoms with van der Waals surface area (Å²) in [4.78, 5) is 12.1. The summed E-state index contributed by atoms with van der Waals surface area (Å²) >= 11 is 0. The molecule has 6 heteroatoms. The maximum Gasteiger partial charge on any atom is 0.228 e. The summed E-state index contributed by atoms with van der Waals surface area (Å²) in [5, 5.41) is 6.16. The van der Waals surface area contributed by atoms with Crippen LogP contribution in [-0.2, 0) is 4.79 Å². The lowest BCUT2D eigenvalue weighted by Gasteiger charge is -2.22. The molecule has 0 bridgehead atoms. The predicted octanol–water partition coefficient (Wildman–Crippen LogP) is 2.06. The molecule has 112 valence electrons. The third-order valence-corrected chi connectivity index (χ3v) is 3.29. The lowest BCUT2D eigenvalue weighted by molar-refractivity contribution is -0.120. The fourth-order valence-electron chi connectivity index (χ4n) is 2.20. The number of hydrogen-bond donors (Lipinski definition) is 2. The van der Waals surface area contributed by atoms with Gasteiger partial charge in [-0.05, 0) is 19.4 Å². The van der Waals surface area contributed by atoms with E-state index in [1.54, 1.807) is 32.4 Å². The van der Waals surface area contributed by atoms with Gasteiger partial charge in [-0.3, -0.25) is 4.79 Å². The normalized spacial score (nSPS) is 17.8. The second kappa shape index (κ2) is 7.97. The van der Waals surface area contributed by atoms with Crippen molar-refractivity contribution >= 4 is 24.0 Å². The number of ether oxygens (including phenoxy) is 2. The molecule has 1 aromatic carbocycles. The number of benzene rings is 1. The van der Waals surface area contributed by atoms with Crippen molar-refractivity contribution < 1.29 is 14.3 Å². The van der Waals surface area contributed by atoms with E-state index >= 15 is 0 Å². The third kappa shape index (κ3) is 4.28. The molecule has 1 aliphatic rings. The van der Waals surface area contributed by atoms with Crippen LogP contribution in [0.1, 0.15) is 12.8 Å². The van der Waals surface area contributed by atoms with E-state index in [1.807, 2.05) is 0 Å². The van der Waals surface area contributed by atoms with E-state index in [4.69, 9.17) is 9.47 Å². The molecule has 2 rings (SSSR count). The molecule has 1 saturated heterocycles. The molecule has 1 unspecified atom stereocenters. The van der Waals surface area contributed by atoms with Gasteiger partial charge in [0.1, 0.15) is 11.5 Å². The smallest absolute Gasteiger partial charge is 0.228 e. The van der Waals surface area contributed by atoms with Gasteiger partial charge < -0.3 is 20.1 Å². The molecule has 0 radical (unpaired) electrons. The molecule has 1 aromatic rings. The zero-order valence-corrected chi connectivity index (χ0v) is 12.6. The number of carbonyl (C=O) groups is 1. The van der Waals surface area contributed by atoms with E-state index in [2.05, 4.69) is 10.6 Å². The highest BCUT2D eigenvalue weighted by Crippen LogP contribution is 2.26. The van der Waals surface area contributed by atoms with Crippen LogP contribution in [0.25, 0.3) is 0 Å². The highest BCUT2D eigenvalue weighted by molar-refractivity contribution is 5.93. The molecule has 0 aromatic heterocycles. The van der Waals surface area contributed by atoms with E-state index in [0.717, 1.165) is 25.9 Å². The fourth-order valence-corrected chi connectivity index (χ4v) is 2.20. The van der Waals surface area contributed by atoms with E-state index in [9.17, 15) is 4.79 Å². The standard InChI is InChI=1S/C14H20N2O3.ClH/c1-18-12-6-11(7-13(8-12)19-2)16-14(17)10-4-3-5-15-9-10;/h6-8,10,15H,3-5,9H2,1-2H3,(H,16,17);1H. The molecule has 0 saturated carbocycles. The number of carbonyl (C=O) groups excluding carboxylic acids is 1. The molecule has 1 atom stereocenters. The van der Waals surface area contributed by atoms with E-state index in [1.165, 1.54) is 0 Å². The topological polar surface area (TPSA) is 59.6 Å². The number of anilines is 1. The van der Waals surface area contributed by atoms with Crippen LogP contribution >= 0.6 is 12.4 Å². The molecule has 1 heterocycles. The molecule has 1 amide bonds. The van der Waals surface area contributed by atoms with Crippen LogP contribution in [0.15, 0.2) is 18.2 Å². The summed E-state index contributed by atoms with van der Waals surface area (Å²) in [6, 6.07) is 5.35. The Bertz CT molecular complexity index is 426. The third-order valence-electron chi connectivity index (χ3n) is 3.29. The van der Waals surface area contributed by atoms with Crippen molar-refractivity contribution in [3.05, 3.63) is 18.2 Å². The van der Waals surface area contributed by atoms with Gasteiger partial charge in [0.25, 0.3) is 0 Å². The van der Waals surface area contributed by atoms with Crippen molar-refractivity contribution in [1.82, 2.24) is 5.32 Å². The Morgan fingerprint density at radius 3 is 2.40 bits per heavy atom. The second-order valence-electron chi connectivity index (χ2n) is 4.63. The zero-order chi connectivity index (χ0) is 13.7. The lowest BCUT2D eigenvalue weighted by Crippen LogP contribution is -2.37. The minimum atomic E-state index is 0. The van der Waals surface area contributed by atoms with Crippen LogP contribution in [0.5, 0.6) is 11.5 Å². The minimum absolute atomic E-state index is 0. The van der Waals surface area contributed by atoms with Crippen molar-refractivity contribution in [2.75, 3.05) is 32.6 Å². The Kier molecular flexibility index (Phi) is 6.61. The summed E-state index contributed by atoms with van der Waals surface area (Å²) in [5.74, 6) is 1.40. The quantitative estimate of drug-likeness (QED) is 0.893. The first kappa shape index (κ1) is 16.6. The molecule has 1 aliphatic heterocycles. The van der Waals surface area contributed by atoms with Crippen LogP contribution < -0.4 is 20.1 Å². The first-order valence-electron chi connectivity index (χ1n) is 6.47. The van der Waals surface area contributed by atoms with Gasteiger partial charge in [0.2, 0.25) is 5.91 Å². The lowest BCUT2D eigenvalue weighted by atomic mass is 9.99. The van der Waals surface area contributed by atoms with Gasteiger partial charge in [0.15, 0.2) is 0 Å². The van der Waals surface area contributed by atoms with Gasteiger partial charge in [-0.15, -0.1) is 12.4 Å². The monoisotopic (exact) mass is 300 g/mol. The highest BCUT2D eigenvalue weighted by Gasteiger charge is 2.21. The summed E-state index contributed by atoms with van der Waals surface area (Å²) in [6.07, 6.45) is 1.97. The largest absolute Gasteiger partial charge is 0.497 e. The Labute approximate surface area is 125 Å². The van der Waals surface area contributed by atoms with Crippen LogP contribution in [0, 0.1) is 5.92 Å². The van der Waals surface area contributed by atoms with Gasteiger partial charge in [-0.1, -0.05) is 0 Å². The number of piperidine rings is 1. The fraction of sp³-hybridized carbons (Fsp3) is 0.500. The molecular weight excluding hydrogens is 280 g/mol. The van der Waals surface area contributed by atoms with Gasteiger partial charge in [0.05, 0.1) is 20.1 Å². The van der Waals surface area contributed by atoms with Gasteiger partial charge >= 0.3 is 0 Å². The molecule has 5 nitrogen and oxygen atoms in total. The summed E-state index contributed by atoms with van der Waals surface area (Å²) in [6.45, 7) is 1.74. The van der Waals surface area contributed by atoms with E-state index < -0.39 is 0 Å². The minimum Gasteiger partial charge on any atom is -0.497 e. The molecule has 2 N–H and O–H groups in total. The molecule has 0 spiro atoms. The number of methoxy groups -OCH3 is 2. The summed E-state index contributed by atoms with van der Waals surface area (Å²) < 4.78 is 10.4. The predicted molar refractivity (Wildman–Crippen MR) is 81.0 cm³/mol. The Morgan fingerprint density at radius 2 is 1.90 bits per heavy atom. The maximum absolute atomic E-state index is 12.1. The van der Waals surface area contributed by atoms with Crippen LogP contribution in [0.2, 0.25) is 0 Å². The molecule has 1 fully saturated rings. The van der Waals surface area contributed by atoms with Crippen LogP contribution in [-0.4, -0.2) is 33.2 Å². The average Bonchev–Trinajstić information content (AvgIpc) is 2.47. The molecule has 20 heavy (non-hydrogen) atoms. The number of hydrogen-bond acceptors (Lipinski definition) is 4. The van der Waals surface area contributed by atoms with Gasteiger partial charge in [-0.25, -0.2) is 0 Å². The number of halogens is 1. The van der Waals surface area contributed by atoms with Crippen LogP contribution in [0.4, 0.5) is 5.69 Å². The van der Waals surface area contributed by atoms with Crippen molar-refractivity contribution in [1.29, 1.82) is 0 Å². The SMILES string of the molecule is COc1cc(NC(=O)C2CCCNC2)cc(OC)c1.Cl. The second-order valence-corrected chi connectivity index (χ2v) is 4.63. The van der Waals surface area contributed by atoms with Crippen LogP contribution in [0.3, 0.4) is 0 Å². The van der Waals surface area contributed by atoms with Gasteiger partial charge in [0, 0.05) is 30.4 Å².